The molecular weight excluding hydrogens is 376 g/mol. The van der Waals surface area contributed by atoms with Gasteiger partial charge in [0.1, 0.15) is 11.4 Å². The highest BCUT2D eigenvalue weighted by atomic mass is 32.1. The number of hydrogen-bond acceptors (Lipinski definition) is 6. The van der Waals surface area contributed by atoms with Crippen molar-refractivity contribution in [3.05, 3.63) is 35.3 Å². The fraction of sp³-hybridized carbons (Fsp3) is 0.450. The summed E-state index contributed by atoms with van der Waals surface area (Å²) in [5.74, 6) is 0.480. The highest BCUT2D eigenvalue weighted by Gasteiger charge is 2.30. The molecule has 2 N–H and O–H groups in total. The normalized spacial score (nSPS) is 16.7. The molecule has 8 heteroatoms. The standard InChI is InChI=1S/C20H26N4O3S/c1-13(2)21-18(25)14-6-5-9-24(11-14)19(26)17-12-28-20(23-17)22-15-7-4-8-16(10-15)27-3/h4,7-8,10,12-14H,5-6,9,11H2,1-3H3,(H,21,25)(H,22,23). The van der Waals surface area contributed by atoms with Crippen LogP contribution in [0.15, 0.2) is 29.6 Å². The molecule has 2 amide bonds. The molecule has 28 heavy (non-hydrogen) atoms. The topological polar surface area (TPSA) is 83.6 Å². The van der Waals surface area contributed by atoms with Crippen molar-refractivity contribution < 1.29 is 14.3 Å². The lowest BCUT2D eigenvalue weighted by molar-refractivity contribution is -0.126. The summed E-state index contributed by atoms with van der Waals surface area (Å²) in [6.45, 7) is 4.97. The number of methoxy groups -OCH3 is 1. The summed E-state index contributed by atoms with van der Waals surface area (Å²) < 4.78 is 5.22. The first-order valence-corrected chi connectivity index (χ1v) is 10.3. The Kier molecular flexibility index (Phi) is 6.51. The second-order valence-electron chi connectivity index (χ2n) is 7.15. The number of rotatable bonds is 6. The molecule has 1 aromatic carbocycles. The van der Waals surface area contributed by atoms with Gasteiger partial charge < -0.3 is 20.3 Å². The maximum Gasteiger partial charge on any atom is 0.273 e. The van der Waals surface area contributed by atoms with Crippen LogP contribution >= 0.6 is 11.3 Å². The van der Waals surface area contributed by atoms with Gasteiger partial charge in [-0.2, -0.15) is 0 Å². The number of aromatic nitrogens is 1. The summed E-state index contributed by atoms with van der Waals surface area (Å²) in [6.07, 6.45) is 1.63. The van der Waals surface area contributed by atoms with Crippen LogP contribution in [0.25, 0.3) is 0 Å². The third kappa shape index (κ3) is 5.01. The lowest BCUT2D eigenvalue weighted by atomic mass is 9.96. The maximum atomic E-state index is 12.8. The number of benzene rings is 1. The Balaban J connectivity index is 1.63. The molecule has 1 unspecified atom stereocenters. The van der Waals surface area contributed by atoms with Gasteiger partial charge in [-0.05, 0) is 38.8 Å². The van der Waals surface area contributed by atoms with Crippen molar-refractivity contribution in [3.8, 4) is 5.75 Å². The molecule has 150 valence electrons. The number of ether oxygens (including phenoxy) is 1. The number of nitrogens with one attached hydrogen (secondary N) is 2. The second kappa shape index (κ2) is 9.05. The molecule has 0 aliphatic carbocycles. The molecule has 1 aliphatic heterocycles. The highest BCUT2D eigenvalue weighted by molar-refractivity contribution is 7.14. The van der Waals surface area contributed by atoms with Crippen molar-refractivity contribution in [1.29, 1.82) is 0 Å². The Labute approximate surface area is 169 Å². The molecule has 0 saturated carbocycles. The van der Waals surface area contributed by atoms with Crippen molar-refractivity contribution in [3.63, 3.8) is 0 Å². The van der Waals surface area contributed by atoms with E-state index in [4.69, 9.17) is 4.74 Å². The Morgan fingerprint density at radius 1 is 1.36 bits per heavy atom. The number of hydrogen-bond donors (Lipinski definition) is 2. The first-order chi connectivity index (χ1) is 13.5. The molecule has 0 radical (unpaired) electrons. The third-order valence-electron chi connectivity index (χ3n) is 4.55. The molecule has 3 rings (SSSR count). The van der Waals surface area contributed by atoms with Crippen LogP contribution in [0.2, 0.25) is 0 Å². The first-order valence-electron chi connectivity index (χ1n) is 9.42. The molecular formula is C20H26N4O3S. The SMILES string of the molecule is COc1cccc(Nc2nc(C(=O)N3CCCC(C(=O)NC(C)C)C3)cs2)c1. The highest BCUT2D eigenvalue weighted by Crippen LogP contribution is 2.25. The fourth-order valence-corrected chi connectivity index (χ4v) is 3.90. The van der Waals surface area contributed by atoms with E-state index in [0.29, 0.717) is 23.9 Å². The number of carbonyl (C=O) groups is 2. The summed E-state index contributed by atoms with van der Waals surface area (Å²) in [6, 6.07) is 7.63. The van der Waals surface area contributed by atoms with Gasteiger partial charge in [0.05, 0.1) is 13.0 Å². The van der Waals surface area contributed by atoms with E-state index in [0.717, 1.165) is 24.3 Å². The second-order valence-corrected chi connectivity index (χ2v) is 8.01. The van der Waals surface area contributed by atoms with Crippen molar-refractivity contribution in [2.75, 3.05) is 25.5 Å². The van der Waals surface area contributed by atoms with E-state index in [1.807, 2.05) is 38.1 Å². The van der Waals surface area contributed by atoms with Crippen molar-refractivity contribution in [2.24, 2.45) is 5.92 Å². The first kappa shape index (κ1) is 20.1. The van der Waals surface area contributed by atoms with Gasteiger partial charge in [-0.3, -0.25) is 9.59 Å². The van der Waals surface area contributed by atoms with E-state index in [-0.39, 0.29) is 23.8 Å². The van der Waals surface area contributed by atoms with E-state index < -0.39 is 0 Å². The predicted molar refractivity (Wildman–Crippen MR) is 110 cm³/mol. The van der Waals surface area contributed by atoms with Crippen LogP contribution < -0.4 is 15.4 Å². The smallest absolute Gasteiger partial charge is 0.273 e. The Morgan fingerprint density at radius 2 is 2.18 bits per heavy atom. The molecule has 1 aliphatic rings. The number of carbonyl (C=O) groups excluding carboxylic acids is 2. The van der Waals surface area contributed by atoms with Crippen molar-refractivity contribution >= 4 is 34.0 Å². The number of piperidine rings is 1. The summed E-state index contributed by atoms with van der Waals surface area (Å²) in [7, 11) is 1.62. The van der Waals surface area contributed by atoms with E-state index in [1.54, 1.807) is 17.4 Å². The molecule has 1 atom stereocenters. The molecule has 2 aromatic rings. The van der Waals surface area contributed by atoms with E-state index >= 15 is 0 Å². The van der Waals surface area contributed by atoms with Gasteiger partial charge in [-0.1, -0.05) is 6.07 Å². The zero-order chi connectivity index (χ0) is 20.1. The number of anilines is 2. The molecule has 1 fully saturated rings. The summed E-state index contributed by atoms with van der Waals surface area (Å²) >= 11 is 1.38. The molecule has 1 saturated heterocycles. The lowest BCUT2D eigenvalue weighted by Gasteiger charge is -2.32. The van der Waals surface area contributed by atoms with Crippen LogP contribution in [0.1, 0.15) is 37.2 Å². The quantitative estimate of drug-likeness (QED) is 0.775. The average Bonchev–Trinajstić information content (AvgIpc) is 3.15. The number of nitrogens with zero attached hydrogens (tertiary/aromatic N) is 2. The fourth-order valence-electron chi connectivity index (χ4n) is 3.19. The molecule has 1 aromatic heterocycles. The predicted octanol–water partition coefficient (Wildman–Crippen LogP) is 3.27. The van der Waals surface area contributed by atoms with E-state index in [1.165, 1.54) is 11.3 Å². The number of thiazole rings is 1. The summed E-state index contributed by atoms with van der Waals surface area (Å²) in [4.78, 5) is 31.3. The van der Waals surface area contributed by atoms with E-state index in [9.17, 15) is 9.59 Å². The van der Waals surface area contributed by atoms with Gasteiger partial charge in [0.25, 0.3) is 5.91 Å². The molecule has 7 nitrogen and oxygen atoms in total. The number of likely N-dealkylation sites (tertiary alicyclic amines) is 1. The molecule has 2 heterocycles. The van der Waals surface area contributed by atoms with Crippen LogP contribution in [0.3, 0.4) is 0 Å². The van der Waals surface area contributed by atoms with Crippen LogP contribution in [0.4, 0.5) is 10.8 Å². The third-order valence-corrected chi connectivity index (χ3v) is 5.31. The van der Waals surface area contributed by atoms with Crippen LogP contribution in [0.5, 0.6) is 5.75 Å². The Hall–Kier alpha value is -2.61. The zero-order valence-corrected chi connectivity index (χ0v) is 17.2. The monoisotopic (exact) mass is 402 g/mol. The average molecular weight is 403 g/mol. The van der Waals surface area contributed by atoms with Crippen molar-refractivity contribution in [1.82, 2.24) is 15.2 Å². The van der Waals surface area contributed by atoms with Crippen molar-refractivity contribution in [2.45, 2.75) is 32.7 Å². The zero-order valence-electron chi connectivity index (χ0n) is 16.4. The Bertz CT molecular complexity index is 836. The van der Waals surface area contributed by atoms with Crippen LogP contribution in [0, 0.1) is 5.92 Å². The minimum atomic E-state index is -0.159. The minimum Gasteiger partial charge on any atom is -0.497 e. The summed E-state index contributed by atoms with van der Waals surface area (Å²) in [5, 5.41) is 8.53. The van der Waals surface area contributed by atoms with Gasteiger partial charge in [-0.15, -0.1) is 11.3 Å². The molecule has 0 spiro atoms. The van der Waals surface area contributed by atoms with Crippen LogP contribution in [-0.2, 0) is 4.79 Å². The summed E-state index contributed by atoms with van der Waals surface area (Å²) in [5.41, 5.74) is 1.25. The molecule has 0 bridgehead atoms. The lowest BCUT2D eigenvalue weighted by Crippen LogP contribution is -2.46. The van der Waals surface area contributed by atoms with Gasteiger partial charge in [-0.25, -0.2) is 4.98 Å². The van der Waals surface area contributed by atoms with Gasteiger partial charge in [0.2, 0.25) is 5.91 Å². The van der Waals surface area contributed by atoms with Gasteiger partial charge in [0.15, 0.2) is 5.13 Å². The largest absolute Gasteiger partial charge is 0.497 e. The van der Waals surface area contributed by atoms with Gasteiger partial charge >= 0.3 is 0 Å². The number of amides is 2. The maximum absolute atomic E-state index is 12.8. The van der Waals surface area contributed by atoms with Gasteiger partial charge in [0, 0.05) is 36.3 Å². The van der Waals surface area contributed by atoms with E-state index in [2.05, 4.69) is 15.6 Å². The Morgan fingerprint density at radius 3 is 2.93 bits per heavy atom. The minimum absolute atomic E-state index is 0.0196. The van der Waals surface area contributed by atoms with Crippen LogP contribution in [-0.4, -0.2) is 47.9 Å².